The molecule has 0 aromatic carbocycles. The van der Waals surface area contributed by atoms with Crippen LogP contribution in [0.4, 0.5) is 5.13 Å². The molecule has 3 rings (SSSR count). The summed E-state index contributed by atoms with van der Waals surface area (Å²) in [5, 5.41) is 2.78. The van der Waals surface area contributed by atoms with Crippen molar-refractivity contribution >= 4 is 22.4 Å². The van der Waals surface area contributed by atoms with E-state index in [1.54, 1.807) is 17.5 Å². The molecule has 3 heterocycles. The Labute approximate surface area is 86.2 Å². The first-order valence-electron chi connectivity index (χ1n) is 4.78. The fraction of sp³-hybridized carbons (Fsp3) is 0.556. The van der Waals surface area contributed by atoms with Crippen molar-refractivity contribution in [2.75, 3.05) is 24.5 Å². The molecule has 2 saturated heterocycles. The predicted octanol–water partition coefficient (Wildman–Crippen LogP) is 0.564. The highest BCUT2D eigenvalue weighted by molar-refractivity contribution is 7.13. The fourth-order valence-electron chi connectivity index (χ4n) is 2.24. The van der Waals surface area contributed by atoms with Crippen LogP contribution in [0.15, 0.2) is 11.6 Å². The van der Waals surface area contributed by atoms with Gasteiger partial charge in [0.1, 0.15) is 0 Å². The zero-order chi connectivity index (χ0) is 9.54. The van der Waals surface area contributed by atoms with Crippen LogP contribution in [-0.4, -0.2) is 41.5 Å². The first-order valence-corrected chi connectivity index (χ1v) is 5.66. The summed E-state index contributed by atoms with van der Waals surface area (Å²) in [5.74, 6) is 0.203. The van der Waals surface area contributed by atoms with Crippen molar-refractivity contribution < 1.29 is 4.79 Å². The third-order valence-corrected chi connectivity index (χ3v) is 3.64. The number of amides is 1. The number of fused-ring (bicyclic) bond motifs is 2. The quantitative estimate of drug-likeness (QED) is 0.678. The minimum Gasteiger partial charge on any atom is -0.292 e. The highest BCUT2D eigenvalue weighted by Crippen LogP contribution is 2.28. The smallest absolute Gasteiger partial charge is 0.243 e. The largest absolute Gasteiger partial charge is 0.292 e. The lowest BCUT2D eigenvalue weighted by atomic mass is 10.2. The van der Waals surface area contributed by atoms with E-state index < -0.39 is 0 Å². The number of piperazine rings is 1. The number of aromatic nitrogens is 1. The van der Waals surface area contributed by atoms with Crippen molar-refractivity contribution in [2.24, 2.45) is 0 Å². The van der Waals surface area contributed by atoms with Crippen LogP contribution in [0.1, 0.15) is 6.42 Å². The summed E-state index contributed by atoms with van der Waals surface area (Å²) in [4.78, 5) is 20.1. The normalized spacial score (nSPS) is 31.1. The van der Waals surface area contributed by atoms with Crippen LogP contribution in [0, 0.1) is 0 Å². The van der Waals surface area contributed by atoms with E-state index in [1.807, 2.05) is 10.3 Å². The molecule has 4 nitrogen and oxygen atoms in total. The lowest BCUT2D eigenvalue weighted by Gasteiger charge is -2.32. The minimum atomic E-state index is 0.203. The van der Waals surface area contributed by atoms with Crippen molar-refractivity contribution in [3.05, 3.63) is 11.6 Å². The monoisotopic (exact) mass is 209 g/mol. The average Bonchev–Trinajstić information content (AvgIpc) is 2.77. The van der Waals surface area contributed by atoms with Crippen LogP contribution in [-0.2, 0) is 4.79 Å². The number of hydrogen-bond acceptors (Lipinski definition) is 4. The molecule has 2 atom stereocenters. The van der Waals surface area contributed by atoms with Crippen molar-refractivity contribution in [2.45, 2.75) is 12.5 Å². The van der Waals surface area contributed by atoms with Crippen molar-refractivity contribution in [3.63, 3.8) is 0 Å². The number of thiazole rings is 1. The van der Waals surface area contributed by atoms with E-state index in [2.05, 4.69) is 9.88 Å². The molecule has 2 aliphatic rings. The molecule has 2 bridgehead atoms. The van der Waals surface area contributed by atoms with E-state index in [-0.39, 0.29) is 5.91 Å². The van der Waals surface area contributed by atoms with Gasteiger partial charge in [-0.1, -0.05) is 0 Å². The van der Waals surface area contributed by atoms with Gasteiger partial charge in [0.15, 0.2) is 5.13 Å². The van der Waals surface area contributed by atoms with Crippen LogP contribution >= 0.6 is 11.3 Å². The minimum absolute atomic E-state index is 0.203. The van der Waals surface area contributed by atoms with Gasteiger partial charge in [-0.2, -0.15) is 0 Å². The molecule has 0 saturated carbocycles. The fourth-order valence-corrected chi connectivity index (χ4v) is 2.97. The first-order chi connectivity index (χ1) is 6.84. The molecule has 1 amide bonds. The van der Waals surface area contributed by atoms with E-state index >= 15 is 0 Å². The van der Waals surface area contributed by atoms with Crippen LogP contribution in [0.5, 0.6) is 0 Å². The van der Waals surface area contributed by atoms with Gasteiger partial charge >= 0.3 is 0 Å². The summed E-state index contributed by atoms with van der Waals surface area (Å²) >= 11 is 1.55. The van der Waals surface area contributed by atoms with Gasteiger partial charge in [-0.3, -0.25) is 14.6 Å². The van der Waals surface area contributed by atoms with Gasteiger partial charge in [0, 0.05) is 24.7 Å². The summed E-state index contributed by atoms with van der Waals surface area (Å²) in [6.45, 7) is 2.64. The van der Waals surface area contributed by atoms with Crippen molar-refractivity contribution in [1.82, 2.24) is 9.88 Å². The van der Waals surface area contributed by atoms with Crippen LogP contribution in [0.3, 0.4) is 0 Å². The number of hydrogen-bond donors (Lipinski definition) is 0. The zero-order valence-corrected chi connectivity index (χ0v) is 8.54. The maximum absolute atomic E-state index is 11.8. The van der Waals surface area contributed by atoms with Gasteiger partial charge in [0.25, 0.3) is 0 Å². The standard InChI is InChI=1S/C9H11N3OS/c13-8-6-11-3-1-7(5-11)12(8)9-10-2-4-14-9/h2,4,7H,1,3,5-6H2. The second-order valence-corrected chi connectivity index (χ2v) is 4.63. The SMILES string of the molecule is O=C1CN2CCC(C2)N1c1nccs1. The summed E-state index contributed by atoms with van der Waals surface area (Å²) in [7, 11) is 0. The Morgan fingerprint density at radius 1 is 1.57 bits per heavy atom. The van der Waals surface area contributed by atoms with Gasteiger partial charge in [-0.05, 0) is 6.42 Å². The Bertz CT molecular complexity index is 351. The number of anilines is 1. The molecular weight excluding hydrogens is 198 g/mol. The molecule has 1 aromatic heterocycles. The van der Waals surface area contributed by atoms with E-state index in [4.69, 9.17) is 0 Å². The molecule has 2 unspecified atom stereocenters. The highest BCUT2D eigenvalue weighted by atomic mass is 32.1. The molecule has 14 heavy (non-hydrogen) atoms. The van der Waals surface area contributed by atoms with E-state index in [0.717, 1.165) is 24.6 Å². The summed E-state index contributed by atoms with van der Waals surface area (Å²) in [6, 6.07) is 0.363. The Kier molecular flexibility index (Phi) is 1.81. The number of nitrogens with zero attached hydrogens (tertiary/aromatic N) is 3. The van der Waals surface area contributed by atoms with Crippen LogP contribution in [0.2, 0.25) is 0 Å². The summed E-state index contributed by atoms with van der Waals surface area (Å²) in [5.41, 5.74) is 0. The Morgan fingerprint density at radius 3 is 3.29 bits per heavy atom. The maximum Gasteiger partial charge on any atom is 0.243 e. The van der Waals surface area contributed by atoms with Crippen molar-refractivity contribution in [1.29, 1.82) is 0 Å². The topological polar surface area (TPSA) is 36.4 Å². The van der Waals surface area contributed by atoms with Crippen molar-refractivity contribution in [3.8, 4) is 0 Å². The third-order valence-electron chi connectivity index (χ3n) is 2.87. The average molecular weight is 209 g/mol. The lowest BCUT2D eigenvalue weighted by Crippen LogP contribution is -2.51. The first kappa shape index (κ1) is 8.38. The van der Waals surface area contributed by atoms with Gasteiger partial charge in [-0.15, -0.1) is 11.3 Å². The highest BCUT2D eigenvalue weighted by Gasteiger charge is 2.38. The van der Waals surface area contributed by atoms with E-state index in [0.29, 0.717) is 12.6 Å². The molecule has 0 spiro atoms. The zero-order valence-electron chi connectivity index (χ0n) is 7.72. The van der Waals surface area contributed by atoms with E-state index in [9.17, 15) is 4.79 Å². The molecule has 0 N–H and O–H groups in total. The molecule has 74 valence electrons. The summed E-state index contributed by atoms with van der Waals surface area (Å²) < 4.78 is 0. The molecular formula is C9H11N3OS. The lowest BCUT2D eigenvalue weighted by molar-refractivity contribution is -0.120. The van der Waals surface area contributed by atoms with Gasteiger partial charge in [0.2, 0.25) is 5.91 Å². The molecule has 1 aromatic rings. The third kappa shape index (κ3) is 1.16. The number of rotatable bonds is 1. The Hall–Kier alpha value is -0.940. The van der Waals surface area contributed by atoms with Crippen LogP contribution in [0.25, 0.3) is 0 Å². The van der Waals surface area contributed by atoms with Gasteiger partial charge < -0.3 is 0 Å². The molecule has 5 heteroatoms. The van der Waals surface area contributed by atoms with E-state index in [1.165, 1.54) is 0 Å². The number of carbonyl (C=O) groups excluding carboxylic acids is 1. The molecule has 0 radical (unpaired) electrons. The van der Waals surface area contributed by atoms with Gasteiger partial charge in [-0.25, -0.2) is 4.98 Å². The number of carbonyl (C=O) groups is 1. The second kappa shape index (κ2) is 3.03. The predicted molar refractivity (Wildman–Crippen MR) is 54.4 cm³/mol. The van der Waals surface area contributed by atoms with Crippen LogP contribution < -0.4 is 4.90 Å². The Balaban J connectivity index is 1.94. The Morgan fingerprint density at radius 2 is 2.50 bits per heavy atom. The van der Waals surface area contributed by atoms with Gasteiger partial charge in [0.05, 0.1) is 12.6 Å². The second-order valence-electron chi connectivity index (χ2n) is 3.76. The molecule has 2 fully saturated rings. The molecule has 0 aliphatic carbocycles. The molecule has 2 aliphatic heterocycles. The summed E-state index contributed by atoms with van der Waals surface area (Å²) in [6.07, 6.45) is 2.85. The maximum atomic E-state index is 11.8.